The van der Waals surface area contributed by atoms with Gasteiger partial charge in [-0.15, -0.1) is 0 Å². The molecule has 1 atom stereocenters. The van der Waals surface area contributed by atoms with Crippen molar-refractivity contribution in [3.05, 3.63) is 65.2 Å². The second-order valence-electron chi connectivity index (χ2n) is 5.16. The number of rotatable bonds is 7. The molecule has 2 aromatic rings. The van der Waals surface area contributed by atoms with Gasteiger partial charge in [0.05, 0.1) is 0 Å². The van der Waals surface area contributed by atoms with Crippen molar-refractivity contribution in [2.24, 2.45) is 0 Å². The highest BCUT2D eigenvalue weighted by atomic mass is 19.2. The van der Waals surface area contributed by atoms with Crippen LogP contribution in [0.3, 0.4) is 0 Å². The highest BCUT2D eigenvalue weighted by molar-refractivity contribution is 5.27. The van der Waals surface area contributed by atoms with Gasteiger partial charge in [0.2, 0.25) is 0 Å². The van der Waals surface area contributed by atoms with E-state index < -0.39 is 17.7 Å². The van der Waals surface area contributed by atoms with Crippen LogP contribution in [0.15, 0.2) is 42.5 Å². The zero-order chi connectivity index (χ0) is 15.9. The molecule has 0 saturated carbocycles. The topological polar surface area (TPSA) is 41.5 Å². The predicted octanol–water partition coefficient (Wildman–Crippen LogP) is 2.80. The molecule has 0 bridgehead atoms. The van der Waals surface area contributed by atoms with Crippen LogP contribution in [0, 0.1) is 18.6 Å². The molecule has 1 unspecified atom stereocenters. The molecule has 2 N–H and O–H groups in total. The minimum atomic E-state index is -0.873. The molecule has 5 heteroatoms. The SMILES string of the molecule is Cc1cccc(OCC(O)CNCc2ccc(F)c(F)c2)c1. The van der Waals surface area contributed by atoms with E-state index in [1.807, 2.05) is 31.2 Å². The normalized spacial score (nSPS) is 12.2. The van der Waals surface area contributed by atoms with Crippen LogP contribution < -0.4 is 10.1 Å². The van der Waals surface area contributed by atoms with Gasteiger partial charge in [0.1, 0.15) is 18.5 Å². The zero-order valence-electron chi connectivity index (χ0n) is 12.4. The van der Waals surface area contributed by atoms with Crippen molar-refractivity contribution in [3.63, 3.8) is 0 Å². The summed E-state index contributed by atoms with van der Waals surface area (Å²) >= 11 is 0. The molecule has 2 rings (SSSR count). The number of hydrogen-bond donors (Lipinski definition) is 2. The van der Waals surface area contributed by atoms with Crippen LogP contribution in [-0.4, -0.2) is 24.4 Å². The van der Waals surface area contributed by atoms with E-state index in [0.29, 0.717) is 24.4 Å². The smallest absolute Gasteiger partial charge is 0.159 e. The van der Waals surface area contributed by atoms with Gasteiger partial charge in [0, 0.05) is 13.1 Å². The van der Waals surface area contributed by atoms with Crippen LogP contribution in [0.5, 0.6) is 5.75 Å². The number of aliphatic hydroxyl groups is 1. The Morgan fingerprint density at radius 3 is 2.68 bits per heavy atom. The van der Waals surface area contributed by atoms with Crippen LogP contribution >= 0.6 is 0 Å². The predicted molar refractivity (Wildman–Crippen MR) is 80.7 cm³/mol. The number of ether oxygens (including phenoxy) is 1. The maximum atomic E-state index is 13.0. The highest BCUT2D eigenvalue weighted by Crippen LogP contribution is 2.12. The molecule has 0 radical (unpaired) electrons. The molecule has 3 nitrogen and oxygen atoms in total. The third kappa shape index (κ3) is 5.09. The Kier molecular flexibility index (Phi) is 5.86. The van der Waals surface area contributed by atoms with Gasteiger partial charge in [-0.3, -0.25) is 0 Å². The third-order valence-electron chi connectivity index (χ3n) is 3.13. The average molecular weight is 307 g/mol. The Morgan fingerprint density at radius 1 is 1.14 bits per heavy atom. The lowest BCUT2D eigenvalue weighted by molar-refractivity contribution is 0.106. The molecule has 0 heterocycles. The maximum absolute atomic E-state index is 13.0. The van der Waals surface area contributed by atoms with Crippen molar-refractivity contribution in [1.29, 1.82) is 0 Å². The van der Waals surface area contributed by atoms with Crippen molar-refractivity contribution >= 4 is 0 Å². The van der Waals surface area contributed by atoms with E-state index >= 15 is 0 Å². The summed E-state index contributed by atoms with van der Waals surface area (Å²) in [6.07, 6.45) is -0.689. The molecule has 0 spiro atoms. The first-order chi connectivity index (χ1) is 10.5. The number of benzene rings is 2. The fraction of sp³-hybridized carbons (Fsp3) is 0.294. The molecular formula is C17H19F2NO2. The van der Waals surface area contributed by atoms with Crippen molar-refractivity contribution in [2.75, 3.05) is 13.2 Å². The molecule has 0 saturated heterocycles. The van der Waals surface area contributed by atoms with E-state index in [-0.39, 0.29) is 6.61 Å². The summed E-state index contributed by atoms with van der Waals surface area (Å²) in [6.45, 7) is 2.77. The minimum Gasteiger partial charge on any atom is -0.491 e. The second-order valence-corrected chi connectivity index (χ2v) is 5.16. The quantitative estimate of drug-likeness (QED) is 0.826. The summed E-state index contributed by atoms with van der Waals surface area (Å²) in [5, 5.41) is 12.8. The number of hydrogen-bond acceptors (Lipinski definition) is 3. The Morgan fingerprint density at radius 2 is 1.95 bits per heavy atom. The summed E-state index contributed by atoms with van der Waals surface area (Å²) in [6, 6.07) is 11.3. The standard InChI is InChI=1S/C17H19F2NO2/c1-12-3-2-4-15(7-12)22-11-14(21)10-20-9-13-5-6-16(18)17(19)8-13/h2-8,14,20-21H,9-11H2,1H3. The summed E-state index contributed by atoms with van der Waals surface area (Å²) in [5.41, 5.74) is 1.70. The molecule has 22 heavy (non-hydrogen) atoms. The van der Waals surface area contributed by atoms with Gasteiger partial charge >= 0.3 is 0 Å². The molecule has 0 amide bonds. The molecule has 0 fully saturated rings. The van der Waals surface area contributed by atoms with E-state index in [1.165, 1.54) is 6.07 Å². The number of halogens is 2. The van der Waals surface area contributed by atoms with Crippen LogP contribution in [0.1, 0.15) is 11.1 Å². The number of aryl methyl sites for hydroxylation is 1. The first kappa shape index (κ1) is 16.4. The molecular weight excluding hydrogens is 288 g/mol. The Bertz CT molecular complexity index is 619. The minimum absolute atomic E-state index is 0.161. The first-order valence-corrected chi connectivity index (χ1v) is 7.07. The van der Waals surface area contributed by atoms with E-state index in [0.717, 1.165) is 17.7 Å². The van der Waals surface area contributed by atoms with Gasteiger partial charge in [0.15, 0.2) is 11.6 Å². The fourth-order valence-electron chi connectivity index (χ4n) is 1.99. The van der Waals surface area contributed by atoms with Gasteiger partial charge in [-0.05, 0) is 42.3 Å². The van der Waals surface area contributed by atoms with Crippen molar-refractivity contribution in [2.45, 2.75) is 19.6 Å². The van der Waals surface area contributed by atoms with E-state index in [2.05, 4.69) is 5.32 Å². The maximum Gasteiger partial charge on any atom is 0.159 e. The molecule has 0 aliphatic rings. The zero-order valence-corrected chi connectivity index (χ0v) is 12.4. The van der Waals surface area contributed by atoms with E-state index in [4.69, 9.17) is 4.74 Å². The Balaban J connectivity index is 1.71. The monoisotopic (exact) mass is 307 g/mol. The van der Waals surface area contributed by atoms with Crippen LogP contribution in [-0.2, 0) is 6.54 Å². The van der Waals surface area contributed by atoms with Gasteiger partial charge in [0.25, 0.3) is 0 Å². The second kappa shape index (κ2) is 7.87. The van der Waals surface area contributed by atoms with Gasteiger partial charge < -0.3 is 15.2 Å². The lowest BCUT2D eigenvalue weighted by atomic mass is 10.2. The third-order valence-corrected chi connectivity index (χ3v) is 3.13. The lowest BCUT2D eigenvalue weighted by Crippen LogP contribution is -2.31. The van der Waals surface area contributed by atoms with Crippen LogP contribution in [0.2, 0.25) is 0 Å². The molecule has 0 aliphatic carbocycles. The first-order valence-electron chi connectivity index (χ1n) is 7.07. The lowest BCUT2D eigenvalue weighted by Gasteiger charge is -2.13. The average Bonchev–Trinajstić information content (AvgIpc) is 2.49. The summed E-state index contributed by atoms with van der Waals surface area (Å²) < 4.78 is 31.3. The summed E-state index contributed by atoms with van der Waals surface area (Å²) in [4.78, 5) is 0. The summed E-state index contributed by atoms with van der Waals surface area (Å²) in [5.74, 6) is -1.03. The Hall–Kier alpha value is -1.98. The Labute approximate surface area is 128 Å². The van der Waals surface area contributed by atoms with Gasteiger partial charge in [-0.25, -0.2) is 8.78 Å². The molecule has 118 valence electrons. The number of aliphatic hydroxyl groups excluding tert-OH is 1. The molecule has 0 aromatic heterocycles. The van der Waals surface area contributed by atoms with Crippen LogP contribution in [0.4, 0.5) is 8.78 Å². The van der Waals surface area contributed by atoms with E-state index in [1.54, 1.807) is 0 Å². The van der Waals surface area contributed by atoms with E-state index in [9.17, 15) is 13.9 Å². The van der Waals surface area contributed by atoms with Gasteiger partial charge in [-0.2, -0.15) is 0 Å². The van der Waals surface area contributed by atoms with Crippen LogP contribution in [0.25, 0.3) is 0 Å². The van der Waals surface area contributed by atoms with Crippen molar-refractivity contribution in [1.82, 2.24) is 5.32 Å². The molecule has 0 aliphatic heterocycles. The molecule has 2 aromatic carbocycles. The fourth-order valence-corrected chi connectivity index (χ4v) is 1.99. The summed E-state index contributed by atoms with van der Waals surface area (Å²) in [7, 11) is 0. The number of nitrogens with one attached hydrogen (secondary N) is 1. The highest BCUT2D eigenvalue weighted by Gasteiger charge is 2.06. The van der Waals surface area contributed by atoms with Gasteiger partial charge in [-0.1, -0.05) is 18.2 Å². The van der Waals surface area contributed by atoms with Crippen molar-refractivity contribution in [3.8, 4) is 5.75 Å². The van der Waals surface area contributed by atoms with Crippen molar-refractivity contribution < 1.29 is 18.6 Å². The largest absolute Gasteiger partial charge is 0.491 e.